The number of aromatic nitrogens is 2. The molecule has 4 nitrogen and oxygen atoms in total. The summed E-state index contributed by atoms with van der Waals surface area (Å²) >= 11 is 6.00. The van der Waals surface area contributed by atoms with Crippen molar-refractivity contribution in [3.05, 3.63) is 46.5 Å². The first-order chi connectivity index (χ1) is 8.56. The molecule has 96 valence electrons. The molecule has 2 aromatic rings. The number of hydrogen-bond donors (Lipinski definition) is 1. The third kappa shape index (κ3) is 2.07. The average Bonchev–Trinajstić information content (AvgIpc) is 2.70. The zero-order valence-electron chi connectivity index (χ0n) is 10.0. The maximum Gasteiger partial charge on any atom is 0.161 e. The minimum absolute atomic E-state index is 0.237. The Bertz CT molecular complexity index is 550. The van der Waals surface area contributed by atoms with Gasteiger partial charge in [-0.2, -0.15) is 5.10 Å². The summed E-state index contributed by atoms with van der Waals surface area (Å²) in [6.45, 7) is 0. The zero-order valence-corrected chi connectivity index (χ0v) is 10.8. The van der Waals surface area contributed by atoms with Gasteiger partial charge in [0.15, 0.2) is 5.75 Å². The molecule has 0 saturated heterocycles. The van der Waals surface area contributed by atoms with Gasteiger partial charge in [-0.1, -0.05) is 17.7 Å². The molecule has 1 atom stereocenters. The lowest BCUT2D eigenvalue weighted by Crippen LogP contribution is -2.18. The van der Waals surface area contributed by atoms with Crippen LogP contribution in [0.25, 0.3) is 0 Å². The van der Waals surface area contributed by atoms with E-state index in [1.54, 1.807) is 17.8 Å². The van der Waals surface area contributed by atoms with Crippen LogP contribution < -0.4 is 10.5 Å². The van der Waals surface area contributed by atoms with Crippen molar-refractivity contribution in [2.24, 2.45) is 12.8 Å². The Labute approximate surface area is 109 Å². The number of halogens is 2. The smallest absolute Gasteiger partial charge is 0.161 e. The van der Waals surface area contributed by atoms with Crippen molar-refractivity contribution in [2.75, 3.05) is 7.11 Å². The predicted molar refractivity (Wildman–Crippen MR) is 67.2 cm³/mol. The van der Waals surface area contributed by atoms with Crippen LogP contribution in [0, 0.1) is 5.82 Å². The van der Waals surface area contributed by atoms with Gasteiger partial charge in [-0.15, -0.1) is 0 Å². The van der Waals surface area contributed by atoms with Gasteiger partial charge in [0.2, 0.25) is 0 Å². The minimum Gasteiger partial charge on any atom is -0.493 e. The summed E-state index contributed by atoms with van der Waals surface area (Å²) in [7, 11) is 3.22. The highest BCUT2D eigenvalue weighted by Crippen LogP contribution is 2.32. The highest BCUT2D eigenvalue weighted by atomic mass is 35.5. The van der Waals surface area contributed by atoms with Gasteiger partial charge in [-0.3, -0.25) is 4.68 Å². The van der Waals surface area contributed by atoms with E-state index in [9.17, 15) is 4.39 Å². The lowest BCUT2D eigenvalue weighted by atomic mass is 10.0. The van der Waals surface area contributed by atoms with E-state index in [1.807, 2.05) is 0 Å². The van der Waals surface area contributed by atoms with Crippen molar-refractivity contribution in [3.8, 4) is 5.75 Å². The van der Waals surface area contributed by atoms with E-state index in [-0.39, 0.29) is 10.6 Å². The van der Waals surface area contributed by atoms with E-state index < -0.39 is 11.9 Å². The Kier molecular flexibility index (Phi) is 3.54. The minimum atomic E-state index is -0.735. The molecule has 6 heteroatoms. The first-order valence-electron chi connectivity index (χ1n) is 5.31. The molecule has 1 aromatic heterocycles. The summed E-state index contributed by atoms with van der Waals surface area (Å²) < 4.78 is 20.5. The van der Waals surface area contributed by atoms with E-state index in [4.69, 9.17) is 22.1 Å². The van der Waals surface area contributed by atoms with E-state index in [0.717, 1.165) is 0 Å². The number of ether oxygens (including phenoxy) is 1. The highest BCUT2D eigenvalue weighted by Gasteiger charge is 2.23. The summed E-state index contributed by atoms with van der Waals surface area (Å²) in [5.74, 6) is 0.0579. The van der Waals surface area contributed by atoms with Crippen LogP contribution >= 0.6 is 11.6 Å². The van der Waals surface area contributed by atoms with Crippen LogP contribution in [0.3, 0.4) is 0 Å². The molecule has 18 heavy (non-hydrogen) atoms. The Morgan fingerprint density at radius 2 is 2.22 bits per heavy atom. The molecule has 2 N–H and O–H groups in total. The van der Waals surface area contributed by atoms with Crippen molar-refractivity contribution in [1.82, 2.24) is 9.78 Å². The van der Waals surface area contributed by atoms with Crippen LogP contribution in [0.2, 0.25) is 5.02 Å². The molecule has 0 aliphatic heterocycles. The quantitative estimate of drug-likeness (QED) is 0.930. The third-order valence-corrected chi connectivity index (χ3v) is 3.10. The number of benzene rings is 1. The van der Waals surface area contributed by atoms with Gasteiger partial charge in [-0.05, 0) is 12.1 Å². The van der Waals surface area contributed by atoms with Crippen LogP contribution in [0.1, 0.15) is 17.3 Å². The Balaban J connectivity index is 2.54. The maximum atomic E-state index is 13.8. The van der Waals surface area contributed by atoms with Crippen LogP contribution in [0.4, 0.5) is 4.39 Å². The normalized spacial score (nSPS) is 12.5. The first-order valence-corrected chi connectivity index (χ1v) is 5.69. The first kappa shape index (κ1) is 12.9. The SMILES string of the molecule is COc1cnn(C)c1C(N)c1c(F)cccc1Cl. The van der Waals surface area contributed by atoms with E-state index in [0.29, 0.717) is 11.4 Å². The van der Waals surface area contributed by atoms with Crippen molar-refractivity contribution < 1.29 is 9.13 Å². The predicted octanol–water partition coefficient (Wildman–Crippen LogP) is 2.27. The number of nitrogens with two attached hydrogens (primary N) is 1. The van der Waals surface area contributed by atoms with Crippen molar-refractivity contribution in [1.29, 1.82) is 0 Å². The molecule has 1 heterocycles. The molecule has 0 radical (unpaired) electrons. The fourth-order valence-electron chi connectivity index (χ4n) is 1.88. The van der Waals surface area contributed by atoms with Crippen molar-refractivity contribution >= 4 is 11.6 Å². The molecule has 1 unspecified atom stereocenters. The van der Waals surface area contributed by atoms with Gasteiger partial charge in [0, 0.05) is 17.6 Å². The Morgan fingerprint density at radius 3 is 2.83 bits per heavy atom. The van der Waals surface area contributed by atoms with Gasteiger partial charge in [-0.25, -0.2) is 4.39 Å². The van der Waals surface area contributed by atoms with E-state index >= 15 is 0 Å². The second kappa shape index (κ2) is 4.96. The number of hydrogen-bond acceptors (Lipinski definition) is 3. The summed E-state index contributed by atoms with van der Waals surface area (Å²) in [4.78, 5) is 0. The van der Waals surface area contributed by atoms with Crippen LogP contribution in [0.15, 0.2) is 24.4 Å². The molecule has 0 spiro atoms. The van der Waals surface area contributed by atoms with E-state index in [1.165, 1.54) is 25.4 Å². The number of nitrogens with zero attached hydrogens (tertiary/aromatic N) is 2. The molecule has 1 aromatic carbocycles. The molecular weight excluding hydrogens is 257 g/mol. The summed E-state index contributed by atoms with van der Waals surface area (Å²) in [5, 5.41) is 4.32. The fraction of sp³-hybridized carbons (Fsp3) is 0.250. The lowest BCUT2D eigenvalue weighted by Gasteiger charge is -2.16. The maximum absolute atomic E-state index is 13.8. The molecule has 2 rings (SSSR count). The van der Waals surface area contributed by atoms with Gasteiger partial charge in [0.25, 0.3) is 0 Å². The summed E-state index contributed by atoms with van der Waals surface area (Å²) in [6, 6.07) is 3.72. The van der Waals surface area contributed by atoms with Gasteiger partial charge in [0.1, 0.15) is 11.5 Å². The Hall–Kier alpha value is -1.59. The second-order valence-corrected chi connectivity index (χ2v) is 4.24. The zero-order chi connectivity index (χ0) is 13.3. The van der Waals surface area contributed by atoms with Crippen LogP contribution in [-0.2, 0) is 7.05 Å². The largest absolute Gasteiger partial charge is 0.493 e. The van der Waals surface area contributed by atoms with Gasteiger partial charge >= 0.3 is 0 Å². The standard InChI is InChI=1S/C12H13ClFN3O/c1-17-12(9(18-2)6-16-17)11(15)10-7(13)4-3-5-8(10)14/h3-6,11H,15H2,1-2H3. The summed E-state index contributed by atoms with van der Waals surface area (Å²) in [5.41, 5.74) is 6.89. The second-order valence-electron chi connectivity index (χ2n) is 3.83. The molecule has 0 aliphatic rings. The van der Waals surface area contributed by atoms with Crippen LogP contribution in [-0.4, -0.2) is 16.9 Å². The average molecular weight is 270 g/mol. The molecule has 0 fully saturated rings. The number of methoxy groups -OCH3 is 1. The van der Waals surface area contributed by atoms with Gasteiger partial charge < -0.3 is 10.5 Å². The number of rotatable bonds is 3. The topological polar surface area (TPSA) is 53.1 Å². The number of aryl methyl sites for hydroxylation is 1. The highest BCUT2D eigenvalue weighted by molar-refractivity contribution is 6.31. The molecule has 0 saturated carbocycles. The van der Waals surface area contributed by atoms with E-state index in [2.05, 4.69) is 5.10 Å². The molecule has 0 aliphatic carbocycles. The third-order valence-electron chi connectivity index (χ3n) is 2.77. The Morgan fingerprint density at radius 1 is 1.50 bits per heavy atom. The fourth-order valence-corrected chi connectivity index (χ4v) is 2.16. The van der Waals surface area contributed by atoms with Crippen molar-refractivity contribution in [2.45, 2.75) is 6.04 Å². The molecule has 0 bridgehead atoms. The lowest BCUT2D eigenvalue weighted by molar-refractivity contribution is 0.405. The van der Waals surface area contributed by atoms with Crippen LogP contribution in [0.5, 0.6) is 5.75 Å². The molecular formula is C12H13ClFN3O. The summed E-state index contributed by atoms with van der Waals surface area (Å²) in [6.07, 6.45) is 1.53. The van der Waals surface area contributed by atoms with Gasteiger partial charge in [0.05, 0.1) is 19.3 Å². The molecule has 0 amide bonds. The van der Waals surface area contributed by atoms with Crippen molar-refractivity contribution in [3.63, 3.8) is 0 Å². The monoisotopic (exact) mass is 269 g/mol.